The molecule has 0 fully saturated rings. The largest absolute Gasteiger partial charge is 0.305 e. The Balaban J connectivity index is 1.70. The molecule has 0 spiro atoms. The summed E-state index contributed by atoms with van der Waals surface area (Å²) in [6.45, 7) is 4.42. The molecule has 23 heavy (non-hydrogen) atoms. The van der Waals surface area contributed by atoms with E-state index < -0.39 is 0 Å². The van der Waals surface area contributed by atoms with Crippen molar-refractivity contribution in [3.63, 3.8) is 0 Å². The Morgan fingerprint density at radius 3 is 2.52 bits per heavy atom. The second kappa shape index (κ2) is 6.96. The second-order valence-electron chi connectivity index (χ2n) is 5.79. The van der Waals surface area contributed by atoms with Gasteiger partial charge < -0.3 is 4.57 Å². The van der Waals surface area contributed by atoms with Crippen molar-refractivity contribution in [1.82, 2.24) is 19.7 Å². The molecule has 0 unspecified atom stereocenters. The molecule has 1 aromatic carbocycles. The Bertz CT molecular complexity index is 763. The number of nitrogens with zero attached hydrogens (tertiary/aromatic N) is 4. The van der Waals surface area contributed by atoms with Gasteiger partial charge in [0.25, 0.3) is 0 Å². The first kappa shape index (κ1) is 15.7. The summed E-state index contributed by atoms with van der Waals surface area (Å²) in [5.41, 5.74) is 3.65. The molecule has 3 rings (SSSR count). The van der Waals surface area contributed by atoms with Crippen LogP contribution >= 0.6 is 11.8 Å². The van der Waals surface area contributed by atoms with Gasteiger partial charge in [-0.3, -0.25) is 4.98 Å². The van der Waals surface area contributed by atoms with Crippen molar-refractivity contribution in [2.45, 2.75) is 30.7 Å². The van der Waals surface area contributed by atoms with E-state index in [0.29, 0.717) is 5.92 Å². The highest BCUT2D eigenvalue weighted by molar-refractivity contribution is 7.98. The van der Waals surface area contributed by atoms with Crippen LogP contribution in [0.1, 0.15) is 30.9 Å². The molecule has 2 aromatic heterocycles. The van der Waals surface area contributed by atoms with Gasteiger partial charge in [-0.25, -0.2) is 0 Å². The first-order valence-corrected chi connectivity index (χ1v) is 8.65. The molecule has 118 valence electrons. The lowest BCUT2D eigenvalue weighted by atomic mass is 10.0. The Morgan fingerprint density at radius 2 is 1.87 bits per heavy atom. The highest BCUT2D eigenvalue weighted by Crippen LogP contribution is 2.25. The fourth-order valence-electron chi connectivity index (χ4n) is 2.33. The molecule has 0 bridgehead atoms. The number of hydrogen-bond acceptors (Lipinski definition) is 4. The third-order valence-corrected chi connectivity index (χ3v) is 4.86. The summed E-state index contributed by atoms with van der Waals surface area (Å²) in [6, 6.07) is 12.7. The van der Waals surface area contributed by atoms with Crippen LogP contribution in [-0.2, 0) is 12.8 Å². The molecule has 0 amide bonds. The quantitative estimate of drug-likeness (QED) is 0.657. The fourth-order valence-corrected chi connectivity index (χ4v) is 3.20. The van der Waals surface area contributed by atoms with Gasteiger partial charge in [-0.05, 0) is 29.2 Å². The van der Waals surface area contributed by atoms with E-state index in [0.717, 1.165) is 22.3 Å². The fraction of sp³-hybridized carbons (Fsp3) is 0.278. The van der Waals surface area contributed by atoms with Crippen molar-refractivity contribution in [2.24, 2.45) is 7.05 Å². The molecule has 0 saturated carbocycles. The maximum atomic E-state index is 4.30. The Labute approximate surface area is 141 Å². The molecule has 2 heterocycles. The average molecular weight is 324 g/mol. The van der Waals surface area contributed by atoms with Crippen molar-refractivity contribution in [3.05, 3.63) is 59.9 Å². The van der Waals surface area contributed by atoms with Crippen LogP contribution in [-0.4, -0.2) is 19.7 Å². The zero-order chi connectivity index (χ0) is 16.2. The topological polar surface area (TPSA) is 43.6 Å². The molecular weight excluding hydrogens is 304 g/mol. The van der Waals surface area contributed by atoms with Crippen molar-refractivity contribution >= 4 is 11.8 Å². The smallest absolute Gasteiger partial charge is 0.191 e. The van der Waals surface area contributed by atoms with Gasteiger partial charge >= 0.3 is 0 Å². The van der Waals surface area contributed by atoms with Crippen molar-refractivity contribution in [1.29, 1.82) is 0 Å². The minimum atomic E-state index is 0.567. The summed E-state index contributed by atoms with van der Waals surface area (Å²) in [7, 11) is 1.99. The van der Waals surface area contributed by atoms with Crippen LogP contribution in [0.25, 0.3) is 11.4 Å². The molecule has 0 atom stereocenters. The predicted molar refractivity (Wildman–Crippen MR) is 94.3 cm³/mol. The van der Waals surface area contributed by atoms with E-state index in [2.05, 4.69) is 53.3 Å². The van der Waals surface area contributed by atoms with Gasteiger partial charge in [0.15, 0.2) is 11.0 Å². The van der Waals surface area contributed by atoms with Gasteiger partial charge in [0.2, 0.25) is 0 Å². The van der Waals surface area contributed by atoms with Gasteiger partial charge in [-0.15, -0.1) is 10.2 Å². The van der Waals surface area contributed by atoms with Crippen LogP contribution in [0.15, 0.2) is 53.9 Å². The molecule has 0 aliphatic heterocycles. The lowest BCUT2D eigenvalue weighted by Crippen LogP contribution is -1.95. The van der Waals surface area contributed by atoms with E-state index >= 15 is 0 Å². The summed E-state index contributed by atoms with van der Waals surface area (Å²) >= 11 is 1.70. The molecule has 5 heteroatoms. The van der Waals surface area contributed by atoms with Gasteiger partial charge in [0.1, 0.15) is 0 Å². The van der Waals surface area contributed by atoms with Gasteiger partial charge in [0, 0.05) is 30.8 Å². The molecule has 4 nitrogen and oxygen atoms in total. The number of pyridine rings is 1. The summed E-state index contributed by atoms with van der Waals surface area (Å²) in [5.74, 6) is 2.30. The Hall–Kier alpha value is -2.14. The number of thioether (sulfide) groups is 1. The van der Waals surface area contributed by atoms with Gasteiger partial charge in [0.05, 0.1) is 0 Å². The summed E-state index contributed by atoms with van der Waals surface area (Å²) < 4.78 is 2.02. The predicted octanol–water partition coefficient (Wildman–Crippen LogP) is 4.29. The van der Waals surface area contributed by atoms with E-state index in [1.807, 2.05) is 29.9 Å². The highest BCUT2D eigenvalue weighted by atomic mass is 32.2. The van der Waals surface area contributed by atoms with Crippen LogP contribution < -0.4 is 0 Å². The van der Waals surface area contributed by atoms with Gasteiger partial charge in [-0.1, -0.05) is 49.9 Å². The number of rotatable bonds is 5. The maximum Gasteiger partial charge on any atom is 0.191 e. The average Bonchev–Trinajstić information content (AvgIpc) is 2.95. The van der Waals surface area contributed by atoms with E-state index in [4.69, 9.17) is 0 Å². The minimum Gasteiger partial charge on any atom is -0.305 e. The summed E-state index contributed by atoms with van der Waals surface area (Å²) in [4.78, 5) is 4.14. The third-order valence-electron chi connectivity index (χ3n) is 3.77. The van der Waals surface area contributed by atoms with Gasteiger partial charge in [-0.2, -0.15) is 0 Å². The molecule has 0 saturated heterocycles. The van der Waals surface area contributed by atoms with E-state index in [1.165, 1.54) is 11.1 Å². The zero-order valence-electron chi connectivity index (χ0n) is 13.6. The standard InChI is InChI=1S/C18H20N4S/c1-13(2)15-8-6-14(7-9-15)12-23-18-21-20-17(22(18)3)16-5-4-10-19-11-16/h4-11,13H,12H2,1-3H3. The van der Waals surface area contributed by atoms with Crippen molar-refractivity contribution < 1.29 is 0 Å². The normalized spacial score (nSPS) is 11.1. The molecular formula is C18H20N4S. The summed E-state index contributed by atoms with van der Waals surface area (Å²) in [6.07, 6.45) is 3.57. The van der Waals surface area contributed by atoms with E-state index in [9.17, 15) is 0 Å². The number of benzene rings is 1. The third kappa shape index (κ3) is 3.62. The van der Waals surface area contributed by atoms with Crippen LogP contribution in [0, 0.1) is 0 Å². The number of aromatic nitrogens is 4. The lowest BCUT2D eigenvalue weighted by Gasteiger charge is -2.07. The van der Waals surface area contributed by atoms with Crippen LogP contribution in [0.4, 0.5) is 0 Å². The lowest BCUT2D eigenvalue weighted by molar-refractivity contribution is 0.793. The molecule has 3 aromatic rings. The Morgan fingerprint density at radius 1 is 1.09 bits per heavy atom. The maximum absolute atomic E-state index is 4.30. The number of hydrogen-bond donors (Lipinski definition) is 0. The van der Waals surface area contributed by atoms with Crippen molar-refractivity contribution in [3.8, 4) is 11.4 Å². The zero-order valence-corrected chi connectivity index (χ0v) is 14.4. The Kier molecular flexibility index (Phi) is 4.76. The van der Waals surface area contributed by atoms with Crippen molar-refractivity contribution in [2.75, 3.05) is 0 Å². The summed E-state index contributed by atoms with van der Waals surface area (Å²) in [5, 5.41) is 9.50. The molecule has 0 N–H and O–H groups in total. The first-order valence-electron chi connectivity index (χ1n) is 7.66. The second-order valence-corrected chi connectivity index (χ2v) is 6.73. The van der Waals surface area contributed by atoms with Crippen LogP contribution in [0.5, 0.6) is 0 Å². The van der Waals surface area contributed by atoms with Crippen LogP contribution in [0.2, 0.25) is 0 Å². The molecule has 0 aliphatic carbocycles. The van der Waals surface area contributed by atoms with E-state index in [-0.39, 0.29) is 0 Å². The minimum absolute atomic E-state index is 0.567. The van der Waals surface area contributed by atoms with Crippen LogP contribution in [0.3, 0.4) is 0 Å². The first-order chi connectivity index (χ1) is 11.1. The SMILES string of the molecule is CC(C)c1ccc(CSc2nnc(-c3cccnc3)n2C)cc1. The monoisotopic (exact) mass is 324 g/mol. The van der Waals surface area contributed by atoms with E-state index in [1.54, 1.807) is 18.0 Å². The molecule has 0 radical (unpaired) electrons. The molecule has 0 aliphatic rings. The highest BCUT2D eigenvalue weighted by Gasteiger charge is 2.11.